The molecule has 3 aromatic heterocycles. The molecule has 5 rings (SSSR count). The Balaban J connectivity index is 1.54. The number of nitrogens with zero attached hydrogens (tertiary/aromatic N) is 7. The molecule has 204 valence electrons. The predicted molar refractivity (Wildman–Crippen MR) is 145 cm³/mol. The van der Waals surface area contributed by atoms with Crippen LogP contribution in [-0.4, -0.2) is 71.3 Å². The van der Waals surface area contributed by atoms with Gasteiger partial charge in [0.1, 0.15) is 4.90 Å². The Morgan fingerprint density at radius 3 is 2.41 bits per heavy atom. The summed E-state index contributed by atoms with van der Waals surface area (Å²) < 4.78 is 51.3. The Morgan fingerprint density at radius 2 is 1.74 bits per heavy atom. The standard InChI is InChI=1S/C26H29FN8O3S/c1-17-6-5-7-18(2)23(17)20-14-22(31-26(30-20)32-39(36,37)19-15-29-34(4)16-19)38-21-8-9-28-25(24(21)27)35-12-10-33(3)11-13-35/h5-9,14-16H,10-13H2,1-4H3,(H,30,31,32). The molecule has 0 spiro atoms. The number of aromatic nitrogens is 5. The number of anilines is 2. The summed E-state index contributed by atoms with van der Waals surface area (Å²) in [5.74, 6) is -0.746. The lowest BCUT2D eigenvalue weighted by Crippen LogP contribution is -2.45. The number of piperazine rings is 1. The molecule has 13 heteroatoms. The molecule has 11 nitrogen and oxygen atoms in total. The number of nitrogens with one attached hydrogen (secondary N) is 1. The van der Waals surface area contributed by atoms with Gasteiger partial charge in [0.15, 0.2) is 11.6 Å². The van der Waals surface area contributed by atoms with Crippen molar-refractivity contribution in [3.63, 3.8) is 0 Å². The number of benzene rings is 1. The van der Waals surface area contributed by atoms with Gasteiger partial charge in [0.2, 0.25) is 17.6 Å². The number of halogens is 1. The second kappa shape index (κ2) is 10.6. The van der Waals surface area contributed by atoms with E-state index in [9.17, 15) is 8.42 Å². The lowest BCUT2D eigenvalue weighted by molar-refractivity contribution is 0.310. The van der Waals surface area contributed by atoms with E-state index in [0.717, 1.165) is 29.8 Å². The lowest BCUT2D eigenvalue weighted by atomic mass is 10.00. The first kappa shape index (κ1) is 26.5. The third kappa shape index (κ3) is 5.68. The fourth-order valence-electron chi connectivity index (χ4n) is 4.43. The third-order valence-corrected chi connectivity index (χ3v) is 7.79. The van der Waals surface area contributed by atoms with E-state index in [1.165, 1.54) is 29.3 Å². The van der Waals surface area contributed by atoms with Crippen molar-refractivity contribution in [2.45, 2.75) is 18.7 Å². The number of likely N-dealkylation sites (N-methyl/N-ethyl adjacent to an activating group) is 1. The first-order valence-corrected chi connectivity index (χ1v) is 13.8. The van der Waals surface area contributed by atoms with E-state index in [4.69, 9.17) is 4.74 Å². The summed E-state index contributed by atoms with van der Waals surface area (Å²) in [4.78, 5) is 17.0. The second-order valence-electron chi connectivity index (χ2n) is 9.48. The zero-order valence-electron chi connectivity index (χ0n) is 22.1. The molecule has 0 amide bonds. The molecule has 0 bridgehead atoms. The van der Waals surface area contributed by atoms with Crippen LogP contribution in [0.2, 0.25) is 0 Å². The zero-order chi connectivity index (χ0) is 27.7. The van der Waals surface area contributed by atoms with Crippen molar-refractivity contribution in [2.24, 2.45) is 7.05 Å². The van der Waals surface area contributed by atoms with Crippen molar-refractivity contribution in [3.8, 4) is 22.9 Å². The van der Waals surface area contributed by atoms with Gasteiger partial charge in [-0.25, -0.2) is 23.1 Å². The highest BCUT2D eigenvalue weighted by Crippen LogP contribution is 2.33. The summed E-state index contributed by atoms with van der Waals surface area (Å²) in [7, 11) is -0.413. The Kier molecular flexibility index (Phi) is 7.19. The number of sulfonamides is 1. The van der Waals surface area contributed by atoms with Gasteiger partial charge in [-0.15, -0.1) is 0 Å². The maximum absolute atomic E-state index is 15.6. The maximum atomic E-state index is 15.6. The van der Waals surface area contributed by atoms with E-state index in [0.29, 0.717) is 18.8 Å². The van der Waals surface area contributed by atoms with Gasteiger partial charge in [-0.2, -0.15) is 14.5 Å². The van der Waals surface area contributed by atoms with E-state index in [1.54, 1.807) is 13.1 Å². The van der Waals surface area contributed by atoms with Crippen molar-refractivity contribution in [3.05, 3.63) is 65.9 Å². The van der Waals surface area contributed by atoms with Crippen LogP contribution in [0.15, 0.2) is 53.8 Å². The highest BCUT2D eigenvalue weighted by atomic mass is 32.2. The third-order valence-electron chi connectivity index (χ3n) is 6.51. The van der Waals surface area contributed by atoms with Crippen LogP contribution in [0.4, 0.5) is 16.2 Å². The van der Waals surface area contributed by atoms with E-state index in [1.807, 2.05) is 44.0 Å². The van der Waals surface area contributed by atoms with Crippen molar-refractivity contribution in [1.82, 2.24) is 29.6 Å². The van der Waals surface area contributed by atoms with E-state index in [-0.39, 0.29) is 28.3 Å². The summed E-state index contributed by atoms with van der Waals surface area (Å²) in [6.07, 6.45) is 4.06. The quantitative estimate of drug-likeness (QED) is 0.368. The normalized spacial score (nSPS) is 14.4. The summed E-state index contributed by atoms with van der Waals surface area (Å²) in [6, 6.07) is 8.75. The molecule has 39 heavy (non-hydrogen) atoms. The van der Waals surface area contributed by atoms with Gasteiger partial charge in [0, 0.05) is 63.3 Å². The Bertz CT molecular complexity index is 1600. The molecule has 0 unspecified atom stereocenters. The van der Waals surface area contributed by atoms with Crippen molar-refractivity contribution in [2.75, 3.05) is 42.8 Å². The molecular formula is C26H29FN8O3S. The summed E-state index contributed by atoms with van der Waals surface area (Å²) in [5.41, 5.74) is 3.06. The van der Waals surface area contributed by atoms with Gasteiger partial charge < -0.3 is 14.5 Å². The first-order valence-electron chi connectivity index (χ1n) is 12.3. The van der Waals surface area contributed by atoms with Gasteiger partial charge >= 0.3 is 0 Å². The van der Waals surface area contributed by atoms with Crippen LogP contribution < -0.4 is 14.4 Å². The fraction of sp³-hybridized carbons (Fsp3) is 0.308. The summed E-state index contributed by atoms with van der Waals surface area (Å²) in [5, 5.41) is 3.92. The van der Waals surface area contributed by atoms with Crippen LogP contribution in [-0.2, 0) is 17.1 Å². The van der Waals surface area contributed by atoms with Gasteiger partial charge in [0.05, 0.1) is 11.9 Å². The van der Waals surface area contributed by atoms with Crippen molar-refractivity contribution in [1.29, 1.82) is 0 Å². The SMILES string of the molecule is Cc1cccc(C)c1-c1cc(Oc2ccnc(N3CCN(C)CC3)c2F)nc(NS(=O)(=O)c2cnn(C)c2)n1. The van der Waals surface area contributed by atoms with Gasteiger partial charge in [-0.05, 0) is 32.0 Å². The van der Waals surface area contributed by atoms with Crippen LogP contribution in [0.1, 0.15) is 11.1 Å². The molecule has 1 N–H and O–H groups in total. The molecule has 0 saturated carbocycles. The van der Waals surface area contributed by atoms with Gasteiger partial charge in [0.25, 0.3) is 10.0 Å². The smallest absolute Gasteiger partial charge is 0.267 e. The minimum absolute atomic E-state index is 0.0269. The number of rotatable bonds is 7. The number of aryl methyl sites for hydroxylation is 3. The molecule has 0 atom stereocenters. The molecule has 1 aliphatic rings. The highest BCUT2D eigenvalue weighted by Gasteiger charge is 2.23. The summed E-state index contributed by atoms with van der Waals surface area (Å²) >= 11 is 0. The molecule has 1 saturated heterocycles. The Labute approximate surface area is 226 Å². The minimum Gasteiger partial charge on any atom is -0.436 e. The average Bonchev–Trinajstić information content (AvgIpc) is 3.33. The number of ether oxygens (including phenoxy) is 1. The number of hydrogen-bond donors (Lipinski definition) is 1. The first-order chi connectivity index (χ1) is 18.6. The van der Waals surface area contributed by atoms with Gasteiger partial charge in [-0.3, -0.25) is 4.68 Å². The van der Waals surface area contributed by atoms with Crippen LogP contribution in [0.25, 0.3) is 11.3 Å². The van der Waals surface area contributed by atoms with E-state index >= 15 is 4.39 Å². The van der Waals surface area contributed by atoms with E-state index < -0.39 is 15.8 Å². The second-order valence-corrected chi connectivity index (χ2v) is 11.2. The largest absolute Gasteiger partial charge is 0.436 e. The molecule has 0 aliphatic carbocycles. The predicted octanol–water partition coefficient (Wildman–Crippen LogP) is 3.37. The van der Waals surface area contributed by atoms with E-state index in [2.05, 4.69) is 29.7 Å². The molecule has 1 aromatic carbocycles. The molecule has 1 aliphatic heterocycles. The number of pyridine rings is 1. The molecule has 1 fully saturated rings. The topological polar surface area (TPSA) is 118 Å². The minimum atomic E-state index is -4.04. The lowest BCUT2D eigenvalue weighted by Gasteiger charge is -2.33. The van der Waals surface area contributed by atoms with Crippen molar-refractivity contribution >= 4 is 21.8 Å². The van der Waals surface area contributed by atoms with Crippen LogP contribution in [0.5, 0.6) is 11.6 Å². The maximum Gasteiger partial charge on any atom is 0.267 e. The Morgan fingerprint density at radius 1 is 1.03 bits per heavy atom. The molecule has 4 heterocycles. The Hall–Kier alpha value is -4.10. The molecule has 4 aromatic rings. The average molecular weight is 553 g/mol. The van der Waals surface area contributed by atoms with Crippen LogP contribution in [0.3, 0.4) is 0 Å². The monoisotopic (exact) mass is 552 g/mol. The van der Waals surface area contributed by atoms with Crippen LogP contribution in [0, 0.1) is 19.7 Å². The fourth-order valence-corrected chi connectivity index (χ4v) is 5.36. The highest BCUT2D eigenvalue weighted by molar-refractivity contribution is 7.92. The van der Waals surface area contributed by atoms with Crippen LogP contribution >= 0.6 is 0 Å². The van der Waals surface area contributed by atoms with Gasteiger partial charge in [-0.1, -0.05) is 18.2 Å². The summed E-state index contributed by atoms with van der Waals surface area (Å²) in [6.45, 7) is 6.70. The van der Waals surface area contributed by atoms with Crippen molar-refractivity contribution < 1.29 is 17.5 Å². The molecular weight excluding hydrogens is 523 g/mol. The number of hydrogen-bond acceptors (Lipinski definition) is 9. The molecule has 0 radical (unpaired) electrons. The zero-order valence-corrected chi connectivity index (χ0v) is 22.9.